The van der Waals surface area contributed by atoms with E-state index in [0.29, 0.717) is 12.0 Å². The molecular weight excluding hydrogens is 287 g/mol. The van der Waals surface area contributed by atoms with Gasteiger partial charge in [-0.15, -0.1) is 0 Å². The summed E-state index contributed by atoms with van der Waals surface area (Å²) in [6.45, 7) is 3.66. The predicted molar refractivity (Wildman–Crippen MR) is 70.2 cm³/mol. The van der Waals surface area contributed by atoms with Gasteiger partial charge in [0, 0.05) is 5.56 Å². The van der Waals surface area contributed by atoms with Gasteiger partial charge in [0.1, 0.15) is 0 Å². The van der Waals surface area contributed by atoms with Crippen molar-refractivity contribution in [3.8, 4) is 0 Å². The van der Waals surface area contributed by atoms with Crippen LogP contribution in [0, 0.1) is 29.1 Å². The highest BCUT2D eigenvalue weighted by molar-refractivity contribution is 5.31. The maximum Gasteiger partial charge on any atom is 0.200 e. The van der Waals surface area contributed by atoms with Crippen LogP contribution in [0.15, 0.2) is 22.8 Å². The largest absolute Gasteiger partial charge is 0.203 e. The minimum atomic E-state index is -2.12. The van der Waals surface area contributed by atoms with Gasteiger partial charge < -0.3 is 0 Å². The highest BCUT2D eigenvalue weighted by Gasteiger charge is 2.26. The molecule has 0 spiro atoms. The van der Waals surface area contributed by atoms with Crippen LogP contribution in [-0.4, -0.2) is 0 Å². The first-order valence-electron chi connectivity index (χ1n) is 6.66. The maximum absolute atomic E-state index is 13.6. The molecule has 0 aliphatic heterocycles. The van der Waals surface area contributed by atoms with Gasteiger partial charge in [0.05, 0.1) is 0 Å². The molecule has 0 fully saturated rings. The second-order valence-corrected chi connectivity index (χ2v) is 5.36. The highest BCUT2D eigenvalue weighted by Crippen LogP contribution is 2.29. The molecule has 114 valence electrons. The smallest absolute Gasteiger partial charge is 0.200 e. The van der Waals surface area contributed by atoms with Crippen LogP contribution < -0.4 is 0 Å². The van der Waals surface area contributed by atoms with Crippen LogP contribution in [0.2, 0.25) is 0 Å². The van der Waals surface area contributed by atoms with E-state index in [1.807, 2.05) is 13.0 Å². The average molecular weight is 302 g/mol. The average Bonchev–Trinajstić information content (AvgIpc) is 2.48. The SMILES string of the molecule is CC1=CC/C(=C(\C)Cc2c(F)c(F)c(F)c(F)c2F)CC1. The molecule has 0 saturated carbocycles. The second kappa shape index (κ2) is 6.00. The Hall–Kier alpha value is -1.65. The van der Waals surface area contributed by atoms with Gasteiger partial charge in [-0.25, -0.2) is 22.0 Å². The number of allylic oxidation sites excluding steroid dienone is 4. The Morgan fingerprint density at radius 3 is 1.90 bits per heavy atom. The summed E-state index contributed by atoms with van der Waals surface area (Å²) < 4.78 is 66.6. The van der Waals surface area contributed by atoms with Crippen LogP contribution in [-0.2, 0) is 6.42 Å². The van der Waals surface area contributed by atoms with Crippen molar-refractivity contribution in [3.05, 3.63) is 57.4 Å². The van der Waals surface area contributed by atoms with Crippen molar-refractivity contribution in [2.45, 2.75) is 39.5 Å². The molecule has 5 heteroatoms. The van der Waals surface area contributed by atoms with Gasteiger partial charge >= 0.3 is 0 Å². The number of rotatable bonds is 2. The summed E-state index contributed by atoms with van der Waals surface area (Å²) in [6, 6.07) is 0. The molecule has 0 radical (unpaired) electrons. The Morgan fingerprint density at radius 1 is 0.905 bits per heavy atom. The number of hydrogen-bond donors (Lipinski definition) is 0. The monoisotopic (exact) mass is 302 g/mol. The number of benzene rings is 1. The summed E-state index contributed by atoms with van der Waals surface area (Å²) in [5, 5.41) is 0. The zero-order chi connectivity index (χ0) is 15.7. The van der Waals surface area contributed by atoms with Crippen LogP contribution in [0.4, 0.5) is 22.0 Å². The molecule has 21 heavy (non-hydrogen) atoms. The van der Waals surface area contributed by atoms with Crippen LogP contribution in [0.3, 0.4) is 0 Å². The van der Waals surface area contributed by atoms with E-state index in [1.165, 1.54) is 5.57 Å². The van der Waals surface area contributed by atoms with Gasteiger partial charge in [-0.1, -0.05) is 22.8 Å². The van der Waals surface area contributed by atoms with E-state index in [1.54, 1.807) is 6.92 Å². The minimum Gasteiger partial charge on any atom is -0.203 e. The molecule has 0 aromatic heterocycles. The lowest BCUT2D eigenvalue weighted by molar-refractivity contribution is 0.371. The third kappa shape index (κ3) is 3.01. The Balaban J connectivity index is 2.39. The van der Waals surface area contributed by atoms with E-state index in [9.17, 15) is 22.0 Å². The highest BCUT2D eigenvalue weighted by atomic mass is 19.2. The fourth-order valence-electron chi connectivity index (χ4n) is 2.43. The fourth-order valence-corrected chi connectivity index (χ4v) is 2.43. The van der Waals surface area contributed by atoms with E-state index < -0.39 is 34.6 Å². The first-order valence-corrected chi connectivity index (χ1v) is 6.66. The van der Waals surface area contributed by atoms with Crippen molar-refractivity contribution in [1.29, 1.82) is 0 Å². The lowest BCUT2D eigenvalue weighted by Gasteiger charge is -2.17. The van der Waals surface area contributed by atoms with Crippen molar-refractivity contribution >= 4 is 0 Å². The second-order valence-electron chi connectivity index (χ2n) is 5.36. The molecule has 1 aliphatic rings. The molecule has 0 unspecified atom stereocenters. The molecule has 0 amide bonds. The zero-order valence-corrected chi connectivity index (χ0v) is 11.8. The molecule has 0 saturated heterocycles. The molecule has 0 N–H and O–H groups in total. The van der Waals surface area contributed by atoms with Crippen molar-refractivity contribution < 1.29 is 22.0 Å². The summed E-state index contributed by atoms with van der Waals surface area (Å²) in [5.74, 6) is -9.37. The molecular formula is C16H15F5. The lowest BCUT2D eigenvalue weighted by Crippen LogP contribution is -2.08. The molecule has 1 aromatic rings. The van der Waals surface area contributed by atoms with E-state index in [0.717, 1.165) is 18.4 Å². The van der Waals surface area contributed by atoms with Gasteiger partial charge in [-0.2, -0.15) is 0 Å². The zero-order valence-electron chi connectivity index (χ0n) is 11.8. The van der Waals surface area contributed by atoms with Crippen molar-refractivity contribution in [3.63, 3.8) is 0 Å². The Bertz CT molecular complexity index is 612. The minimum absolute atomic E-state index is 0.270. The van der Waals surface area contributed by atoms with E-state index in [-0.39, 0.29) is 6.42 Å². The first kappa shape index (κ1) is 15.7. The van der Waals surface area contributed by atoms with E-state index >= 15 is 0 Å². The molecule has 0 atom stereocenters. The maximum atomic E-state index is 13.6. The first-order chi connectivity index (χ1) is 9.82. The predicted octanol–water partition coefficient (Wildman–Crippen LogP) is 5.37. The Labute approximate surface area is 120 Å². The third-order valence-corrected chi connectivity index (χ3v) is 3.86. The Kier molecular flexibility index (Phi) is 4.49. The fraction of sp³-hybridized carbons (Fsp3) is 0.375. The van der Waals surface area contributed by atoms with Crippen LogP contribution in [0.1, 0.15) is 38.7 Å². The normalized spacial score (nSPS) is 17.8. The molecule has 0 nitrogen and oxygen atoms in total. The third-order valence-electron chi connectivity index (χ3n) is 3.86. The van der Waals surface area contributed by atoms with Gasteiger partial charge in [0.2, 0.25) is 5.82 Å². The topological polar surface area (TPSA) is 0 Å². The summed E-state index contributed by atoms with van der Waals surface area (Å²) in [6.07, 6.45) is 4.01. The van der Waals surface area contributed by atoms with Crippen LogP contribution in [0.5, 0.6) is 0 Å². The van der Waals surface area contributed by atoms with Gasteiger partial charge in [-0.3, -0.25) is 0 Å². The van der Waals surface area contributed by atoms with Crippen LogP contribution in [0.25, 0.3) is 0 Å². The van der Waals surface area contributed by atoms with Gasteiger partial charge in [0.15, 0.2) is 23.3 Å². The van der Waals surface area contributed by atoms with E-state index in [2.05, 4.69) is 0 Å². The standard InChI is InChI=1S/C16H15F5/c1-8-3-5-10(6-4-8)9(2)7-11-12(17)14(19)16(21)15(20)13(11)18/h3H,4-7H2,1-2H3/b10-9-. The van der Waals surface area contributed by atoms with Crippen molar-refractivity contribution in [2.75, 3.05) is 0 Å². The molecule has 0 heterocycles. The van der Waals surface area contributed by atoms with Gasteiger partial charge in [0.25, 0.3) is 0 Å². The lowest BCUT2D eigenvalue weighted by atomic mass is 9.90. The molecule has 0 bridgehead atoms. The van der Waals surface area contributed by atoms with Crippen LogP contribution >= 0.6 is 0 Å². The molecule has 1 aliphatic carbocycles. The van der Waals surface area contributed by atoms with Gasteiger partial charge in [-0.05, 0) is 39.5 Å². The van der Waals surface area contributed by atoms with E-state index in [4.69, 9.17) is 0 Å². The summed E-state index contributed by atoms with van der Waals surface area (Å²) >= 11 is 0. The quantitative estimate of drug-likeness (QED) is 0.298. The molecule has 1 aromatic carbocycles. The Morgan fingerprint density at radius 2 is 1.43 bits per heavy atom. The summed E-state index contributed by atoms with van der Waals surface area (Å²) in [4.78, 5) is 0. The van der Waals surface area contributed by atoms with Crippen molar-refractivity contribution in [1.82, 2.24) is 0 Å². The number of halogens is 5. The summed E-state index contributed by atoms with van der Waals surface area (Å²) in [5.41, 5.74) is 2.12. The molecule has 2 rings (SSSR count). The summed E-state index contributed by atoms with van der Waals surface area (Å²) in [7, 11) is 0. The van der Waals surface area contributed by atoms with Crippen molar-refractivity contribution in [2.24, 2.45) is 0 Å². The number of hydrogen-bond acceptors (Lipinski definition) is 0.